The van der Waals surface area contributed by atoms with Gasteiger partial charge in [0.15, 0.2) is 0 Å². The van der Waals surface area contributed by atoms with E-state index in [1.807, 2.05) is 19.9 Å². The summed E-state index contributed by atoms with van der Waals surface area (Å²) in [4.78, 5) is 104. The van der Waals surface area contributed by atoms with Crippen LogP contribution < -0.4 is 33.4 Å². The molecule has 1 amide bonds. The molecule has 0 saturated carbocycles. The number of nitrogen functional groups attached to an aromatic ring is 1. The molecule has 5 aromatic carbocycles. The first kappa shape index (κ1) is 66.1. The highest BCUT2D eigenvalue weighted by Gasteiger charge is 2.34. The number of nitro groups is 2. The van der Waals surface area contributed by atoms with Crippen molar-refractivity contribution < 1.29 is 56.4 Å². The molecule has 26 heteroatoms. The van der Waals surface area contributed by atoms with Crippen molar-refractivity contribution in [3.8, 4) is 0 Å². The molecule has 9 aromatic rings. The number of amides is 1. The number of pyridine rings is 3. The predicted molar refractivity (Wildman–Crippen MR) is 322 cm³/mol. The third-order valence-electron chi connectivity index (χ3n) is 13.5. The van der Waals surface area contributed by atoms with Crippen LogP contribution >= 0.6 is 11.6 Å². The number of benzene rings is 5. The number of anilines is 2. The maximum absolute atomic E-state index is 13.0. The summed E-state index contributed by atoms with van der Waals surface area (Å²) in [5.74, 6) is -1.34. The molecule has 0 fully saturated rings. The molecule has 0 unspecified atom stereocenters. The first-order valence-corrected chi connectivity index (χ1v) is 26.6. The van der Waals surface area contributed by atoms with Gasteiger partial charge in [0, 0.05) is 77.5 Å². The normalized spacial score (nSPS) is 11.6. The van der Waals surface area contributed by atoms with Gasteiger partial charge in [-0.05, 0) is 120 Å². The van der Waals surface area contributed by atoms with Crippen LogP contribution in [0.5, 0.6) is 0 Å². The van der Waals surface area contributed by atoms with Gasteiger partial charge in [0.2, 0.25) is 5.91 Å². The lowest BCUT2D eigenvalue weighted by Crippen LogP contribution is -2.40. The number of fused-ring (bicyclic) bond motifs is 4. The number of nitrogens with one attached hydrogen (secondary N) is 1. The SMILES string of the molecule is CC(=O)OCC(C)(C)n1ccc2c(N)cccc2c1=O.CC(=O)OCC(C)(C)n1ccc2c([N+](=O)[O-])cccc2c1=O.CC(C)(CO)n1ccc2c(NC(=O)Cc3ccc(Cl)c(C(F)(F)F)c3)cccc2c1=O.O=c1occc2c([N+](=O)[O-])cccc12. The Morgan fingerprint density at radius 2 is 1.05 bits per heavy atom. The van der Waals surface area contributed by atoms with Crippen LogP contribution in [0.1, 0.15) is 66.5 Å². The van der Waals surface area contributed by atoms with Gasteiger partial charge < -0.3 is 43.7 Å². The molecule has 0 saturated heterocycles. The number of aromatic nitrogens is 3. The van der Waals surface area contributed by atoms with Crippen LogP contribution in [0, 0.1) is 20.2 Å². The van der Waals surface area contributed by atoms with Crippen molar-refractivity contribution in [3.63, 3.8) is 0 Å². The number of hydrogen-bond donors (Lipinski definition) is 3. The van der Waals surface area contributed by atoms with Crippen molar-refractivity contribution in [2.24, 2.45) is 0 Å². The van der Waals surface area contributed by atoms with Crippen molar-refractivity contribution >= 4 is 95.3 Å². The lowest BCUT2D eigenvalue weighted by atomic mass is 10.0. The zero-order valence-corrected chi connectivity index (χ0v) is 48.9. The van der Waals surface area contributed by atoms with Gasteiger partial charge in [-0.1, -0.05) is 41.9 Å². The van der Waals surface area contributed by atoms with E-state index < -0.39 is 60.7 Å². The Bertz CT molecular complexity index is 4380. The van der Waals surface area contributed by atoms with E-state index in [9.17, 15) is 72.1 Å². The number of ether oxygens (including phenoxy) is 2. The average Bonchev–Trinajstić information content (AvgIpc) is 0.960. The van der Waals surface area contributed by atoms with E-state index in [-0.39, 0.29) is 82.0 Å². The predicted octanol–water partition coefficient (Wildman–Crippen LogP) is 10.4. The average molecular weight is 1220 g/mol. The van der Waals surface area contributed by atoms with Crippen molar-refractivity contribution in [2.45, 2.75) is 84.6 Å². The van der Waals surface area contributed by atoms with Gasteiger partial charge >= 0.3 is 23.7 Å². The Morgan fingerprint density at radius 1 is 0.609 bits per heavy atom. The third-order valence-corrected chi connectivity index (χ3v) is 13.9. The van der Waals surface area contributed by atoms with Crippen LogP contribution in [0.4, 0.5) is 35.9 Å². The number of carbonyl (C=O) groups excluding carboxylic acids is 3. The van der Waals surface area contributed by atoms with Crippen molar-refractivity contribution in [1.29, 1.82) is 0 Å². The number of aliphatic hydroxyl groups is 1. The summed E-state index contributed by atoms with van der Waals surface area (Å²) in [6.45, 7) is 13.2. The molecule has 0 aliphatic carbocycles. The van der Waals surface area contributed by atoms with Gasteiger partial charge in [0.05, 0.1) is 77.9 Å². The topological polar surface area (TPSA) is 310 Å². The Morgan fingerprint density at radius 3 is 1.54 bits per heavy atom. The van der Waals surface area contributed by atoms with Crippen molar-refractivity contribution in [2.75, 3.05) is 30.9 Å². The van der Waals surface area contributed by atoms with Crippen LogP contribution in [0.3, 0.4) is 0 Å². The summed E-state index contributed by atoms with van der Waals surface area (Å²) < 4.78 is 58.1. The second-order valence-electron chi connectivity index (χ2n) is 21.4. The molecule has 9 rings (SSSR count). The number of nitrogens with two attached hydrogens (primary N) is 1. The summed E-state index contributed by atoms with van der Waals surface area (Å²) in [5.41, 5.74) is 2.15. The summed E-state index contributed by atoms with van der Waals surface area (Å²) in [6.07, 6.45) is 0.932. The Kier molecular flexibility index (Phi) is 20.5. The number of nitrogens with zero attached hydrogens (tertiary/aromatic N) is 5. The highest BCUT2D eigenvalue weighted by Crippen LogP contribution is 2.36. The number of alkyl halides is 3. The lowest BCUT2D eigenvalue weighted by Gasteiger charge is -2.27. The van der Waals surface area contributed by atoms with Crippen molar-refractivity contribution in [3.05, 3.63) is 218 Å². The van der Waals surface area contributed by atoms with Gasteiger partial charge in [0.1, 0.15) is 13.2 Å². The molecule has 0 aliphatic rings. The van der Waals surface area contributed by atoms with E-state index in [4.69, 9.17) is 26.8 Å². The second-order valence-corrected chi connectivity index (χ2v) is 21.8. The Labute approximate surface area is 497 Å². The highest BCUT2D eigenvalue weighted by molar-refractivity contribution is 6.31. The van der Waals surface area contributed by atoms with Gasteiger partial charge in [-0.25, -0.2) is 4.79 Å². The fourth-order valence-electron chi connectivity index (χ4n) is 8.88. The first-order chi connectivity index (χ1) is 40.7. The van der Waals surface area contributed by atoms with E-state index in [1.54, 1.807) is 87.0 Å². The highest BCUT2D eigenvalue weighted by atomic mass is 35.5. The molecule has 0 radical (unpaired) electrons. The van der Waals surface area contributed by atoms with E-state index in [0.717, 1.165) is 23.8 Å². The van der Waals surface area contributed by atoms with Gasteiger partial charge in [-0.3, -0.25) is 49.0 Å². The quantitative estimate of drug-likeness (QED) is 0.0418. The molecule has 0 spiro atoms. The zero-order valence-electron chi connectivity index (χ0n) is 48.1. The number of nitro benzene ring substituents is 2. The molecule has 87 heavy (non-hydrogen) atoms. The fourth-order valence-corrected chi connectivity index (χ4v) is 9.11. The lowest BCUT2D eigenvalue weighted by molar-refractivity contribution is -0.383. The minimum Gasteiger partial charge on any atom is -0.463 e. The Balaban J connectivity index is 0.000000192. The maximum atomic E-state index is 13.0. The van der Waals surface area contributed by atoms with Crippen LogP contribution in [0.15, 0.2) is 164 Å². The van der Waals surface area contributed by atoms with Crippen LogP contribution in [0.2, 0.25) is 5.02 Å². The minimum absolute atomic E-state index is 0.0304. The smallest absolute Gasteiger partial charge is 0.417 e. The molecule has 0 aliphatic heterocycles. The molecule has 4 N–H and O–H groups in total. The van der Waals surface area contributed by atoms with Crippen LogP contribution in [0.25, 0.3) is 43.1 Å². The van der Waals surface area contributed by atoms with Gasteiger partial charge in [0.25, 0.3) is 28.1 Å². The molecule has 0 atom stereocenters. The monoisotopic (exact) mass is 1220 g/mol. The van der Waals surface area contributed by atoms with E-state index in [0.29, 0.717) is 32.9 Å². The minimum atomic E-state index is -4.62. The zero-order chi connectivity index (χ0) is 64.5. The Hall–Kier alpha value is -10.0. The molecule has 456 valence electrons. The maximum Gasteiger partial charge on any atom is 0.417 e. The van der Waals surface area contributed by atoms with Crippen molar-refractivity contribution in [1.82, 2.24) is 13.7 Å². The first-order valence-electron chi connectivity index (χ1n) is 26.2. The summed E-state index contributed by atoms with van der Waals surface area (Å²) in [5, 5.41) is 36.6. The number of halogens is 4. The molecule has 22 nitrogen and oxygen atoms in total. The van der Waals surface area contributed by atoms with Gasteiger partial charge in [-0.2, -0.15) is 13.2 Å². The molecular formula is C61H59ClF3N7O15. The molecular weight excluding hydrogens is 1160 g/mol. The van der Waals surface area contributed by atoms with Gasteiger partial charge in [-0.15, -0.1) is 0 Å². The van der Waals surface area contributed by atoms with E-state index in [1.165, 1.54) is 83.9 Å². The standard InChI is InChI=1S/C22H20ClF3N2O3.C15H16N2O5.C15H18N2O3.C9H5NO4/c1-21(2,12-29)28-9-8-14-15(20(28)31)4-3-5-18(14)27-19(30)11-13-6-7-17(23)16(10-13)22(24,25)26;1-10(18)22-9-15(2,3)16-8-7-11-12(14(16)19)5-4-6-13(11)17(20)21;1-10(18)20-9-15(2,3)17-8-7-11-12(14(17)19)5-4-6-13(11)16;11-9-7-2-1-3-8(10(12)13)6(7)4-5-14-9/h3-10,29H,11-12H2,1-2H3,(H,27,30);4-8H,9H2,1-3H3;4-8H,9,16H2,1-3H3;1-5H. The fraction of sp³-hybridized carbons (Fsp3) is 0.262. The van der Waals surface area contributed by atoms with Crippen LogP contribution in [-0.4, -0.2) is 66.3 Å². The summed E-state index contributed by atoms with van der Waals surface area (Å²) >= 11 is 5.61. The van der Waals surface area contributed by atoms with E-state index in [2.05, 4.69) is 9.73 Å². The summed E-state index contributed by atoms with van der Waals surface area (Å²) in [7, 11) is 0. The summed E-state index contributed by atoms with van der Waals surface area (Å²) in [6, 6.07) is 28.4. The number of carbonyl (C=O) groups is 3. The van der Waals surface area contributed by atoms with E-state index >= 15 is 0 Å². The second kappa shape index (κ2) is 26.9. The number of non-ortho nitro benzene ring substituents is 2. The molecule has 4 aromatic heterocycles. The third kappa shape index (κ3) is 15.7. The number of aliphatic hydroxyl groups excluding tert-OH is 1. The number of esters is 2. The molecule has 0 bridgehead atoms. The number of hydrogen-bond acceptors (Lipinski definition) is 16. The number of rotatable bonds is 13. The van der Waals surface area contributed by atoms with Crippen LogP contribution in [-0.2, 0) is 53.1 Å². The molecule has 4 heterocycles. The largest absolute Gasteiger partial charge is 0.463 e.